The van der Waals surface area contributed by atoms with Crippen LogP contribution in [0.25, 0.3) is 0 Å². The van der Waals surface area contributed by atoms with Crippen LogP contribution in [0.4, 0.5) is 5.69 Å². The first-order valence-corrected chi connectivity index (χ1v) is 9.30. The number of hydrogen-bond donors (Lipinski definition) is 0. The molecule has 0 bridgehead atoms. The number of carbonyl (C=O) groups is 1. The molecule has 2 aliphatic rings. The molecule has 1 fully saturated rings. The Morgan fingerprint density at radius 3 is 2.83 bits per heavy atom. The van der Waals surface area contributed by atoms with E-state index in [9.17, 15) is 4.79 Å². The molecule has 2 heterocycles. The van der Waals surface area contributed by atoms with Crippen LogP contribution in [-0.4, -0.2) is 42.0 Å². The minimum Gasteiger partial charge on any atom is -0.337 e. The summed E-state index contributed by atoms with van der Waals surface area (Å²) in [6.45, 7) is 4.67. The molecule has 23 heavy (non-hydrogen) atoms. The number of anilines is 1. The SMILES string of the molecule is C=CCN1C(=O)/C(=C2/Sc3ccccc3N2C)SC1=NCCCl. The Labute approximate surface area is 149 Å². The van der Waals surface area contributed by atoms with E-state index < -0.39 is 0 Å². The van der Waals surface area contributed by atoms with Crippen LogP contribution in [0, 0.1) is 0 Å². The molecule has 0 spiro atoms. The van der Waals surface area contributed by atoms with Crippen LogP contribution in [0.5, 0.6) is 0 Å². The van der Waals surface area contributed by atoms with Gasteiger partial charge in [-0.05, 0) is 23.9 Å². The summed E-state index contributed by atoms with van der Waals surface area (Å²) < 4.78 is 0. The summed E-state index contributed by atoms with van der Waals surface area (Å²) >= 11 is 8.76. The lowest BCUT2D eigenvalue weighted by Crippen LogP contribution is -2.30. The van der Waals surface area contributed by atoms with E-state index in [0.29, 0.717) is 29.0 Å². The van der Waals surface area contributed by atoms with Crippen LogP contribution in [-0.2, 0) is 4.79 Å². The summed E-state index contributed by atoms with van der Waals surface area (Å²) in [5.41, 5.74) is 1.12. The molecule has 0 unspecified atom stereocenters. The first-order chi connectivity index (χ1) is 11.2. The van der Waals surface area contributed by atoms with Gasteiger partial charge in [-0.25, -0.2) is 0 Å². The second kappa shape index (κ2) is 7.03. The fourth-order valence-corrected chi connectivity index (χ4v) is 4.82. The molecule has 1 saturated heterocycles. The fraction of sp³-hybridized carbons (Fsp3) is 0.250. The molecule has 4 nitrogen and oxygen atoms in total. The van der Waals surface area contributed by atoms with Crippen LogP contribution in [0.15, 0.2) is 56.7 Å². The molecule has 1 aromatic carbocycles. The number of carbonyl (C=O) groups excluding carboxylic acids is 1. The van der Waals surface area contributed by atoms with Gasteiger partial charge in [0, 0.05) is 24.4 Å². The van der Waals surface area contributed by atoms with Gasteiger partial charge in [0.05, 0.1) is 17.3 Å². The molecular formula is C16H16ClN3OS2. The van der Waals surface area contributed by atoms with E-state index >= 15 is 0 Å². The van der Waals surface area contributed by atoms with Gasteiger partial charge in [-0.1, -0.05) is 30.0 Å². The second-order valence-electron chi connectivity index (χ2n) is 4.92. The number of thioether (sulfide) groups is 2. The quantitative estimate of drug-likeness (QED) is 0.462. The highest BCUT2D eigenvalue weighted by Gasteiger charge is 2.38. The number of halogens is 1. The van der Waals surface area contributed by atoms with E-state index in [1.54, 1.807) is 22.7 Å². The molecule has 0 atom stereocenters. The molecular weight excluding hydrogens is 350 g/mol. The highest BCUT2D eigenvalue weighted by molar-refractivity contribution is 8.19. The van der Waals surface area contributed by atoms with E-state index in [0.717, 1.165) is 15.6 Å². The predicted octanol–water partition coefficient (Wildman–Crippen LogP) is 3.75. The average molecular weight is 366 g/mol. The normalized spacial score (nSPS) is 22.2. The molecule has 0 radical (unpaired) electrons. The van der Waals surface area contributed by atoms with Crippen molar-refractivity contribution in [2.75, 3.05) is 30.9 Å². The Bertz CT molecular complexity index is 717. The van der Waals surface area contributed by atoms with Crippen molar-refractivity contribution >= 4 is 51.9 Å². The van der Waals surface area contributed by atoms with Crippen LogP contribution in [0.3, 0.4) is 0 Å². The lowest BCUT2D eigenvalue weighted by atomic mass is 10.3. The summed E-state index contributed by atoms with van der Waals surface area (Å²) in [4.78, 5) is 22.8. The summed E-state index contributed by atoms with van der Waals surface area (Å²) in [7, 11) is 1.99. The van der Waals surface area contributed by atoms with Gasteiger partial charge < -0.3 is 4.90 Å². The van der Waals surface area contributed by atoms with Crippen molar-refractivity contribution < 1.29 is 4.79 Å². The fourth-order valence-electron chi connectivity index (χ4n) is 2.38. The Morgan fingerprint density at radius 2 is 2.13 bits per heavy atom. The van der Waals surface area contributed by atoms with Crippen molar-refractivity contribution in [3.63, 3.8) is 0 Å². The van der Waals surface area contributed by atoms with Gasteiger partial charge in [0.2, 0.25) is 0 Å². The molecule has 0 N–H and O–H groups in total. The van der Waals surface area contributed by atoms with Crippen molar-refractivity contribution in [2.45, 2.75) is 4.90 Å². The maximum Gasteiger partial charge on any atom is 0.269 e. The van der Waals surface area contributed by atoms with Crippen molar-refractivity contribution in [2.24, 2.45) is 4.99 Å². The Balaban J connectivity index is 1.97. The van der Waals surface area contributed by atoms with Gasteiger partial charge >= 0.3 is 0 Å². The highest BCUT2D eigenvalue weighted by Crippen LogP contribution is 2.49. The number of nitrogens with zero attached hydrogens (tertiary/aromatic N) is 3. The van der Waals surface area contributed by atoms with Crippen LogP contribution in [0.2, 0.25) is 0 Å². The number of benzene rings is 1. The van der Waals surface area contributed by atoms with Gasteiger partial charge in [-0.3, -0.25) is 14.7 Å². The number of amidine groups is 1. The first-order valence-electron chi connectivity index (χ1n) is 7.13. The monoisotopic (exact) mass is 365 g/mol. The molecule has 120 valence electrons. The van der Waals surface area contributed by atoms with Crippen molar-refractivity contribution in [3.8, 4) is 0 Å². The number of aliphatic imine (C=N–C) groups is 1. The lowest BCUT2D eigenvalue weighted by Gasteiger charge is -2.15. The van der Waals surface area contributed by atoms with Gasteiger partial charge in [0.1, 0.15) is 4.91 Å². The third-order valence-corrected chi connectivity index (χ3v) is 6.08. The summed E-state index contributed by atoms with van der Waals surface area (Å²) in [5, 5.41) is 1.65. The van der Waals surface area contributed by atoms with Gasteiger partial charge in [0.15, 0.2) is 5.17 Å². The van der Waals surface area contributed by atoms with Crippen LogP contribution >= 0.6 is 35.1 Å². The van der Waals surface area contributed by atoms with E-state index in [1.165, 1.54) is 11.8 Å². The zero-order valence-electron chi connectivity index (χ0n) is 12.7. The number of amides is 1. The van der Waals surface area contributed by atoms with Crippen molar-refractivity contribution in [1.29, 1.82) is 0 Å². The van der Waals surface area contributed by atoms with E-state index in [4.69, 9.17) is 11.6 Å². The molecule has 0 aliphatic carbocycles. The van der Waals surface area contributed by atoms with Gasteiger partial charge in [0.25, 0.3) is 5.91 Å². The topological polar surface area (TPSA) is 35.9 Å². The Kier molecular flexibility index (Phi) is 5.04. The number of hydrogen-bond acceptors (Lipinski definition) is 5. The second-order valence-corrected chi connectivity index (χ2v) is 7.31. The zero-order chi connectivity index (χ0) is 16.4. The minimum absolute atomic E-state index is 0.0228. The number of para-hydroxylation sites is 1. The maximum atomic E-state index is 12.8. The summed E-state index contributed by atoms with van der Waals surface area (Å²) in [5.74, 6) is 0.414. The van der Waals surface area contributed by atoms with Crippen LogP contribution < -0.4 is 4.90 Å². The Hall–Kier alpha value is -1.37. The Morgan fingerprint density at radius 1 is 1.35 bits per heavy atom. The van der Waals surface area contributed by atoms with Crippen molar-refractivity contribution in [1.82, 2.24) is 4.90 Å². The van der Waals surface area contributed by atoms with E-state index in [2.05, 4.69) is 28.6 Å². The third-order valence-electron chi connectivity index (χ3n) is 3.44. The minimum atomic E-state index is -0.0228. The third kappa shape index (κ3) is 3.03. The average Bonchev–Trinajstić information content (AvgIpc) is 3.05. The van der Waals surface area contributed by atoms with E-state index in [-0.39, 0.29) is 5.91 Å². The largest absolute Gasteiger partial charge is 0.337 e. The van der Waals surface area contributed by atoms with Crippen LogP contribution in [0.1, 0.15) is 0 Å². The molecule has 0 aromatic heterocycles. The molecule has 1 amide bonds. The number of fused-ring (bicyclic) bond motifs is 1. The number of rotatable bonds is 4. The molecule has 1 aromatic rings. The maximum absolute atomic E-state index is 12.8. The molecule has 7 heteroatoms. The zero-order valence-corrected chi connectivity index (χ0v) is 15.0. The molecule has 3 rings (SSSR count). The van der Waals surface area contributed by atoms with Crippen molar-refractivity contribution in [3.05, 3.63) is 46.9 Å². The predicted molar refractivity (Wildman–Crippen MR) is 100 cm³/mol. The molecule has 2 aliphatic heterocycles. The number of alkyl halides is 1. The smallest absolute Gasteiger partial charge is 0.269 e. The van der Waals surface area contributed by atoms with Gasteiger partial charge in [-0.15, -0.1) is 18.2 Å². The standard InChI is InChI=1S/C16H16ClN3OS2/c1-3-10-20-14(21)13(23-16(20)18-9-8-17)15-19(2)11-6-4-5-7-12(11)22-15/h3-7H,1,8-10H2,2H3/b15-13-,18-16?. The summed E-state index contributed by atoms with van der Waals surface area (Å²) in [6, 6.07) is 8.14. The summed E-state index contributed by atoms with van der Waals surface area (Å²) in [6.07, 6.45) is 1.71. The highest BCUT2D eigenvalue weighted by atomic mass is 35.5. The lowest BCUT2D eigenvalue weighted by molar-refractivity contribution is -0.121. The van der Waals surface area contributed by atoms with E-state index in [1.807, 2.05) is 19.2 Å². The first kappa shape index (κ1) is 16.5. The molecule has 0 saturated carbocycles. The van der Waals surface area contributed by atoms with Gasteiger partial charge in [-0.2, -0.15) is 0 Å².